The van der Waals surface area contributed by atoms with E-state index in [4.69, 9.17) is 0 Å². The summed E-state index contributed by atoms with van der Waals surface area (Å²) in [7, 11) is 0. The van der Waals surface area contributed by atoms with E-state index in [9.17, 15) is 13.9 Å². The monoisotopic (exact) mass is 226 g/mol. The smallest absolute Gasteiger partial charge is 0.129 e. The summed E-state index contributed by atoms with van der Waals surface area (Å²) in [5.74, 6) is -0.391. The summed E-state index contributed by atoms with van der Waals surface area (Å²) in [6.07, 6.45) is 1.95. The third-order valence-corrected chi connectivity index (χ3v) is 3.46. The lowest BCUT2D eigenvalue weighted by atomic mass is 9.93. The Morgan fingerprint density at radius 1 is 1.31 bits per heavy atom. The van der Waals surface area contributed by atoms with Gasteiger partial charge in [0.1, 0.15) is 11.6 Å². The minimum Gasteiger partial charge on any atom is -0.388 e. The molecule has 0 aliphatic heterocycles. The van der Waals surface area contributed by atoms with Gasteiger partial charge < -0.3 is 5.11 Å². The molecule has 1 nitrogen and oxygen atoms in total. The highest BCUT2D eigenvalue weighted by Gasteiger charge is 2.30. The third-order valence-electron chi connectivity index (χ3n) is 3.46. The fourth-order valence-corrected chi connectivity index (χ4v) is 2.53. The quantitative estimate of drug-likeness (QED) is 0.819. The molecule has 1 aliphatic rings. The molecule has 0 radical (unpaired) electrons. The molecule has 3 unspecified atom stereocenters. The van der Waals surface area contributed by atoms with Crippen molar-refractivity contribution >= 4 is 0 Å². The van der Waals surface area contributed by atoms with Crippen LogP contribution in [0.2, 0.25) is 0 Å². The molecule has 0 aromatic heterocycles. The molecule has 1 saturated carbocycles. The number of rotatable bonds is 2. The molecular formula is C13H16F2O. The first kappa shape index (κ1) is 11.5. The fourth-order valence-electron chi connectivity index (χ4n) is 2.53. The minimum atomic E-state index is -0.874. The van der Waals surface area contributed by atoms with Gasteiger partial charge >= 0.3 is 0 Å². The van der Waals surface area contributed by atoms with Crippen molar-refractivity contribution in [1.29, 1.82) is 0 Å². The van der Waals surface area contributed by atoms with Gasteiger partial charge in [-0.05, 0) is 42.9 Å². The standard InChI is InChI=1S/C13H16F2O/c1-8-2-3-9(6-8)13(16)11-7-10(14)4-5-12(11)15/h4-5,7-9,13,16H,2-3,6H2,1H3. The number of aliphatic hydroxyl groups excluding tert-OH is 1. The van der Waals surface area contributed by atoms with Crippen LogP contribution in [0.1, 0.15) is 37.9 Å². The SMILES string of the molecule is CC1CCC(C(O)c2cc(F)ccc2F)C1. The summed E-state index contributed by atoms with van der Waals surface area (Å²) >= 11 is 0. The van der Waals surface area contributed by atoms with Gasteiger partial charge in [0.15, 0.2) is 0 Å². The summed E-state index contributed by atoms with van der Waals surface area (Å²) in [6.45, 7) is 2.12. The lowest BCUT2D eigenvalue weighted by Gasteiger charge is -2.19. The molecule has 16 heavy (non-hydrogen) atoms. The topological polar surface area (TPSA) is 20.2 Å². The molecule has 3 atom stereocenters. The van der Waals surface area contributed by atoms with E-state index in [1.807, 2.05) is 0 Å². The Morgan fingerprint density at radius 3 is 2.69 bits per heavy atom. The predicted octanol–water partition coefficient (Wildman–Crippen LogP) is 3.43. The van der Waals surface area contributed by atoms with Crippen molar-refractivity contribution in [1.82, 2.24) is 0 Å². The van der Waals surface area contributed by atoms with Crippen LogP contribution in [-0.2, 0) is 0 Å². The molecule has 1 fully saturated rings. The first-order valence-corrected chi connectivity index (χ1v) is 5.71. The number of aliphatic hydroxyl groups is 1. The first-order chi connectivity index (χ1) is 7.58. The zero-order valence-corrected chi connectivity index (χ0v) is 9.29. The second kappa shape index (κ2) is 4.50. The molecule has 1 aromatic rings. The maximum absolute atomic E-state index is 13.4. The molecule has 3 heteroatoms. The van der Waals surface area contributed by atoms with Crippen molar-refractivity contribution in [3.8, 4) is 0 Å². The number of benzene rings is 1. The molecule has 0 amide bonds. The lowest BCUT2D eigenvalue weighted by molar-refractivity contribution is 0.105. The van der Waals surface area contributed by atoms with Crippen LogP contribution in [0.5, 0.6) is 0 Å². The van der Waals surface area contributed by atoms with Gasteiger partial charge in [-0.3, -0.25) is 0 Å². The second-order valence-corrected chi connectivity index (χ2v) is 4.79. The van der Waals surface area contributed by atoms with Crippen LogP contribution >= 0.6 is 0 Å². The molecule has 2 rings (SSSR count). The van der Waals surface area contributed by atoms with Crippen LogP contribution in [0.3, 0.4) is 0 Å². The van der Waals surface area contributed by atoms with Crippen LogP contribution in [0.25, 0.3) is 0 Å². The molecule has 0 spiro atoms. The Bertz CT molecular complexity index is 378. The highest BCUT2D eigenvalue weighted by molar-refractivity contribution is 5.21. The highest BCUT2D eigenvalue weighted by atomic mass is 19.1. The van der Waals surface area contributed by atoms with Gasteiger partial charge in [-0.15, -0.1) is 0 Å². The molecule has 1 N–H and O–H groups in total. The molecule has 0 bridgehead atoms. The number of halogens is 2. The van der Waals surface area contributed by atoms with Gasteiger partial charge in [-0.25, -0.2) is 8.78 Å². The Kier molecular flexibility index (Phi) is 3.24. The van der Waals surface area contributed by atoms with Crippen molar-refractivity contribution < 1.29 is 13.9 Å². The van der Waals surface area contributed by atoms with Crippen LogP contribution in [0, 0.1) is 23.5 Å². The molecular weight excluding hydrogens is 210 g/mol. The average Bonchev–Trinajstić information content (AvgIpc) is 2.67. The van der Waals surface area contributed by atoms with Gasteiger partial charge in [-0.1, -0.05) is 13.3 Å². The average molecular weight is 226 g/mol. The van der Waals surface area contributed by atoms with Crippen molar-refractivity contribution in [2.75, 3.05) is 0 Å². The van der Waals surface area contributed by atoms with E-state index in [2.05, 4.69) is 6.92 Å². The van der Waals surface area contributed by atoms with Crippen LogP contribution in [-0.4, -0.2) is 5.11 Å². The van der Waals surface area contributed by atoms with E-state index in [1.54, 1.807) is 0 Å². The summed E-state index contributed by atoms with van der Waals surface area (Å²) < 4.78 is 26.4. The first-order valence-electron chi connectivity index (χ1n) is 5.71. The van der Waals surface area contributed by atoms with Gasteiger partial charge in [0, 0.05) is 5.56 Å². The Hall–Kier alpha value is -0.960. The zero-order chi connectivity index (χ0) is 11.7. The van der Waals surface area contributed by atoms with E-state index in [-0.39, 0.29) is 11.5 Å². The molecule has 1 aliphatic carbocycles. The summed E-state index contributed by atoms with van der Waals surface area (Å²) in [6, 6.07) is 3.25. The third kappa shape index (κ3) is 2.24. The predicted molar refractivity (Wildman–Crippen MR) is 57.8 cm³/mol. The zero-order valence-electron chi connectivity index (χ0n) is 9.29. The maximum atomic E-state index is 13.4. The number of hydrogen-bond donors (Lipinski definition) is 1. The Labute approximate surface area is 94.1 Å². The molecule has 1 aromatic carbocycles. The number of hydrogen-bond acceptors (Lipinski definition) is 1. The van der Waals surface area contributed by atoms with Gasteiger partial charge in [0.25, 0.3) is 0 Å². The lowest BCUT2D eigenvalue weighted by Crippen LogP contribution is -2.11. The van der Waals surface area contributed by atoms with Crippen LogP contribution < -0.4 is 0 Å². The van der Waals surface area contributed by atoms with Gasteiger partial charge in [0.05, 0.1) is 6.10 Å². The Balaban J connectivity index is 2.20. The van der Waals surface area contributed by atoms with E-state index in [0.29, 0.717) is 5.92 Å². The summed E-state index contributed by atoms with van der Waals surface area (Å²) in [5.41, 5.74) is 0.0964. The minimum absolute atomic E-state index is 0.0614. The Morgan fingerprint density at radius 2 is 2.06 bits per heavy atom. The van der Waals surface area contributed by atoms with E-state index in [1.165, 1.54) is 0 Å². The highest BCUT2D eigenvalue weighted by Crippen LogP contribution is 2.39. The van der Waals surface area contributed by atoms with E-state index < -0.39 is 17.7 Å². The molecule has 0 heterocycles. The van der Waals surface area contributed by atoms with Gasteiger partial charge in [-0.2, -0.15) is 0 Å². The normalized spacial score (nSPS) is 27.0. The van der Waals surface area contributed by atoms with Crippen molar-refractivity contribution in [2.24, 2.45) is 11.8 Å². The van der Waals surface area contributed by atoms with Crippen molar-refractivity contribution in [3.63, 3.8) is 0 Å². The summed E-state index contributed by atoms with van der Waals surface area (Å²) in [4.78, 5) is 0. The van der Waals surface area contributed by atoms with E-state index >= 15 is 0 Å². The second-order valence-electron chi connectivity index (χ2n) is 4.79. The maximum Gasteiger partial charge on any atom is 0.129 e. The van der Waals surface area contributed by atoms with Crippen LogP contribution in [0.4, 0.5) is 8.78 Å². The van der Waals surface area contributed by atoms with Crippen LogP contribution in [0.15, 0.2) is 18.2 Å². The van der Waals surface area contributed by atoms with Gasteiger partial charge in [0.2, 0.25) is 0 Å². The largest absolute Gasteiger partial charge is 0.388 e. The fraction of sp³-hybridized carbons (Fsp3) is 0.538. The molecule has 88 valence electrons. The molecule has 0 saturated heterocycles. The van der Waals surface area contributed by atoms with Crippen molar-refractivity contribution in [2.45, 2.75) is 32.3 Å². The summed E-state index contributed by atoms with van der Waals surface area (Å²) in [5, 5.41) is 10.0. The van der Waals surface area contributed by atoms with E-state index in [0.717, 1.165) is 37.5 Å². The van der Waals surface area contributed by atoms with Crippen molar-refractivity contribution in [3.05, 3.63) is 35.4 Å².